The molecule has 2 aromatic rings. The number of hydrogen-bond donors (Lipinski definition) is 1. The Bertz CT molecular complexity index is 601. The second-order valence-electron chi connectivity index (χ2n) is 5.92. The summed E-state index contributed by atoms with van der Waals surface area (Å²) in [4.78, 5) is 0. The summed E-state index contributed by atoms with van der Waals surface area (Å²) in [5, 5.41) is 12.1. The molecule has 6 heteroatoms. The lowest BCUT2D eigenvalue weighted by Crippen LogP contribution is -2.31. The van der Waals surface area contributed by atoms with Gasteiger partial charge in [0.05, 0.1) is 0 Å². The Balaban J connectivity index is 1.66. The molecule has 0 aliphatic heterocycles. The maximum absolute atomic E-state index is 4.97. The highest BCUT2D eigenvalue weighted by molar-refractivity contribution is 6.23. The molecule has 1 aliphatic rings. The number of hydrogen-bond acceptors (Lipinski definition) is 4. The van der Waals surface area contributed by atoms with Gasteiger partial charge in [0.25, 0.3) is 0 Å². The minimum Gasteiger partial charge on any atom is -0.427 e. The van der Waals surface area contributed by atoms with Gasteiger partial charge < -0.3 is 14.4 Å². The topological polar surface area (TPSA) is 52.0 Å². The van der Waals surface area contributed by atoms with Gasteiger partial charge in [-0.05, 0) is 30.9 Å². The molecule has 1 fully saturated rings. The third kappa shape index (κ3) is 3.39. The molecule has 1 aliphatic carbocycles. The van der Waals surface area contributed by atoms with E-state index in [4.69, 9.17) is 4.65 Å². The van der Waals surface area contributed by atoms with E-state index >= 15 is 0 Å². The van der Waals surface area contributed by atoms with E-state index in [0.717, 1.165) is 37.3 Å². The Labute approximate surface area is 132 Å². The highest BCUT2D eigenvalue weighted by atomic mass is 16.4. The van der Waals surface area contributed by atoms with Crippen LogP contribution < -0.4 is 5.23 Å². The molecule has 1 heterocycles. The van der Waals surface area contributed by atoms with Gasteiger partial charge in [-0.1, -0.05) is 30.3 Å². The third-order valence-corrected chi connectivity index (χ3v) is 4.42. The molecule has 2 atom stereocenters. The number of benzene rings is 1. The molecule has 3 rings (SSSR count). The van der Waals surface area contributed by atoms with Crippen molar-refractivity contribution in [1.82, 2.24) is 20.0 Å². The standard InChI is InChI=1S/C16H22BN4O/c1-21-15(10-12-6-4-3-5-7-12)19-20-16(21)13-8-9-14(11-13)18-17-22-2/h3-7,13-14,18H,8-11H2,1-2H3. The molecule has 1 radical (unpaired) electrons. The second kappa shape index (κ2) is 7.07. The minimum atomic E-state index is 0.472. The summed E-state index contributed by atoms with van der Waals surface area (Å²) in [6.45, 7) is 0. The molecular weight excluding hydrogens is 275 g/mol. The zero-order valence-corrected chi connectivity index (χ0v) is 13.2. The molecule has 22 heavy (non-hydrogen) atoms. The van der Waals surface area contributed by atoms with Crippen LogP contribution in [0.15, 0.2) is 30.3 Å². The Morgan fingerprint density at radius 1 is 1.27 bits per heavy atom. The molecule has 2 unspecified atom stereocenters. The fourth-order valence-electron chi connectivity index (χ4n) is 3.19. The van der Waals surface area contributed by atoms with Gasteiger partial charge in [0, 0.05) is 26.5 Å². The number of nitrogens with zero attached hydrogens (tertiary/aromatic N) is 3. The minimum absolute atomic E-state index is 0.472. The van der Waals surface area contributed by atoms with E-state index in [-0.39, 0.29) is 0 Å². The summed E-state index contributed by atoms with van der Waals surface area (Å²) in [5.74, 6) is 2.61. The number of aromatic nitrogens is 3. The average Bonchev–Trinajstić information content (AvgIpc) is 3.14. The van der Waals surface area contributed by atoms with E-state index in [1.54, 1.807) is 14.7 Å². The zero-order chi connectivity index (χ0) is 15.4. The Morgan fingerprint density at radius 3 is 2.86 bits per heavy atom. The summed E-state index contributed by atoms with van der Waals surface area (Å²) in [5.41, 5.74) is 1.27. The molecule has 115 valence electrons. The summed E-state index contributed by atoms with van der Waals surface area (Å²) < 4.78 is 7.14. The second-order valence-corrected chi connectivity index (χ2v) is 5.92. The van der Waals surface area contributed by atoms with E-state index < -0.39 is 0 Å². The summed E-state index contributed by atoms with van der Waals surface area (Å²) >= 11 is 0. The van der Waals surface area contributed by atoms with E-state index in [1.807, 2.05) is 6.07 Å². The first-order chi connectivity index (χ1) is 10.8. The lowest BCUT2D eigenvalue weighted by Gasteiger charge is -2.12. The van der Waals surface area contributed by atoms with Crippen molar-refractivity contribution in [2.24, 2.45) is 7.05 Å². The van der Waals surface area contributed by atoms with Crippen LogP contribution in [0, 0.1) is 0 Å². The van der Waals surface area contributed by atoms with Crippen molar-refractivity contribution in [3.63, 3.8) is 0 Å². The molecule has 1 aromatic heterocycles. The lowest BCUT2D eigenvalue weighted by molar-refractivity contribution is 0.419. The van der Waals surface area contributed by atoms with Crippen molar-refractivity contribution in [3.8, 4) is 0 Å². The monoisotopic (exact) mass is 297 g/mol. The van der Waals surface area contributed by atoms with Crippen molar-refractivity contribution in [2.75, 3.05) is 7.11 Å². The van der Waals surface area contributed by atoms with E-state index in [2.05, 4.69) is 51.3 Å². The quantitative estimate of drug-likeness (QED) is 0.826. The molecule has 1 aromatic carbocycles. The fourth-order valence-corrected chi connectivity index (χ4v) is 3.19. The number of rotatable bonds is 6. The highest BCUT2D eigenvalue weighted by Gasteiger charge is 2.29. The van der Waals surface area contributed by atoms with Gasteiger partial charge in [0.15, 0.2) is 0 Å². The van der Waals surface area contributed by atoms with Gasteiger partial charge in [-0.3, -0.25) is 0 Å². The largest absolute Gasteiger partial charge is 0.427 e. The summed E-state index contributed by atoms with van der Waals surface area (Å²) in [6, 6.07) is 10.9. The van der Waals surface area contributed by atoms with Crippen LogP contribution in [0.3, 0.4) is 0 Å². The van der Waals surface area contributed by atoms with Crippen LogP contribution in [0.2, 0.25) is 0 Å². The van der Waals surface area contributed by atoms with Crippen molar-refractivity contribution in [3.05, 3.63) is 47.5 Å². The van der Waals surface area contributed by atoms with Gasteiger partial charge in [-0.25, -0.2) is 0 Å². The summed E-state index contributed by atoms with van der Waals surface area (Å²) in [6.07, 6.45) is 4.20. The van der Waals surface area contributed by atoms with Gasteiger partial charge in [-0.2, -0.15) is 0 Å². The molecule has 1 saturated carbocycles. The van der Waals surface area contributed by atoms with E-state index in [1.165, 1.54) is 5.56 Å². The first-order valence-corrected chi connectivity index (χ1v) is 7.80. The summed E-state index contributed by atoms with van der Waals surface area (Å²) in [7, 11) is 5.41. The van der Waals surface area contributed by atoms with Gasteiger partial charge in [-0.15, -0.1) is 10.2 Å². The highest BCUT2D eigenvalue weighted by Crippen LogP contribution is 2.33. The Hall–Kier alpha value is -1.66. The van der Waals surface area contributed by atoms with Crippen LogP contribution in [0.1, 0.15) is 42.4 Å². The average molecular weight is 297 g/mol. The van der Waals surface area contributed by atoms with Crippen molar-refractivity contribution >= 4 is 7.62 Å². The fraction of sp³-hybridized carbons (Fsp3) is 0.500. The predicted octanol–water partition coefficient (Wildman–Crippen LogP) is 1.81. The molecule has 5 nitrogen and oxygen atoms in total. The molecular formula is C16H22BN4O. The van der Waals surface area contributed by atoms with Crippen molar-refractivity contribution in [1.29, 1.82) is 0 Å². The SMILES string of the molecule is CO[B]NC1CCC(c2nnc(Cc3ccccc3)n2C)C1. The van der Waals surface area contributed by atoms with Crippen molar-refractivity contribution in [2.45, 2.75) is 37.6 Å². The van der Waals surface area contributed by atoms with Gasteiger partial charge in [0.1, 0.15) is 11.6 Å². The van der Waals surface area contributed by atoms with Gasteiger partial charge >= 0.3 is 7.62 Å². The first-order valence-electron chi connectivity index (χ1n) is 7.80. The molecule has 0 saturated heterocycles. The smallest absolute Gasteiger partial charge is 0.395 e. The predicted molar refractivity (Wildman–Crippen MR) is 86.5 cm³/mol. The number of nitrogens with one attached hydrogen (secondary N) is 1. The van der Waals surface area contributed by atoms with Crippen LogP contribution in [-0.2, 0) is 18.1 Å². The van der Waals surface area contributed by atoms with Crippen LogP contribution >= 0.6 is 0 Å². The maximum atomic E-state index is 4.97. The van der Waals surface area contributed by atoms with Gasteiger partial charge in [0.2, 0.25) is 0 Å². The normalized spacial score (nSPS) is 21.2. The van der Waals surface area contributed by atoms with Crippen LogP contribution in [0.5, 0.6) is 0 Å². The van der Waals surface area contributed by atoms with E-state index in [0.29, 0.717) is 12.0 Å². The molecule has 0 spiro atoms. The lowest BCUT2D eigenvalue weighted by atomic mass is 10.1. The molecule has 0 amide bonds. The van der Waals surface area contributed by atoms with Crippen LogP contribution in [0.25, 0.3) is 0 Å². The first kappa shape index (κ1) is 15.2. The third-order valence-electron chi connectivity index (χ3n) is 4.42. The Morgan fingerprint density at radius 2 is 2.09 bits per heavy atom. The molecule has 0 bridgehead atoms. The maximum Gasteiger partial charge on any atom is 0.395 e. The Kier molecular flexibility index (Phi) is 4.90. The van der Waals surface area contributed by atoms with Crippen LogP contribution in [0.4, 0.5) is 0 Å². The van der Waals surface area contributed by atoms with E-state index in [9.17, 15) is 0 Å². The van der Waals surface area contributed by atoms with Crippen LogP contribution in [-0.4, -0.2) is 35.5 Å². The molecule has 1 N–H and O–H groups in total. The zero-order valence-electron chi connectivity index (χ0n) is 13.2. The van der Waals surface area contributed by atoms with Crippen molar-refractivity contribution < 1.29 is 4.65 Å².